The first-order valence-electron chi connectivity index (χ1n) is 3.32. The summed E-state index contributed by atoms with van der Waals surface area (Å²) >= 11 is -3.10. The van der Waals surface area contributed by atoms with E-state index >= 15 is 0 Å². The van der Waals surface area contributed by atoms with Crippen molar-refractivity contribution in [2.24, 2.45) is 0 Å². The predicted molar refractivity (Wildman–Crippen MR) is 43.0 cm³/mol. The van der Waals surface area contributed by atoms with Crippen molar-refractivity contribution in [2.45, 2.75) is 0 Å². The molecule has 13 heavy (non-hydrogen) atoms. The maximum Gasteiger partial charge on any atom is 0.739 e. The molecule has 6 nitrogen and oxygen atoms in total. The Morgan fingerprint density at radius 2 is 1.00 bits per heavy atom. The van der Waals surface area contributed by atoms with Crippen LogP contribution in [0.2, 0.25) is 0 Å². The van der Waals surface area contributed by atoms with E-state index in [4.69, 9.17) is 0 Å². The molecule has 0 saturated carbocycles. The first-order chi connectivity index (χ1) is 6.08. The van der Waals surface area contributed by atoms with Crippen molar-refractivity contribution < 1.29 is 28.6 Å². The van der Waals surface area contributed by atoms with Crippen LogP contribution in [0.3, 0.4) is 0 Å². The average Bonchev–Trinajstić information content (AvgIpc) is 2.16. The van der Waals surface area contributed by atoms with E-state index in [0.29, 0.717) is 0 Å². The normalized spacial score (nSPS) is 8.54. The molecule has 0 saturated heterocycles. The van der Waals surface area contributed by atoms with Crippen LogP contribution in [0.5, 0.6) is 0 Å². The Morgan fingerprint density at radius 1 is 0.769 bits per heavy atom. The van der Waals surface area contributed by atoms with Crippen molar-refractivity contribution in [3.63, 3.8) is 0 Å². The fraction of sp³-hybridized carbons (Fsp3) is 0.500. The van der Waals surface area contributed by atoms with Gasteiger partial charge in [-0.25, -0.2) is 0 Å². The van der Waals surface area contributed by atoms with Gasteiger partial charge in [0.2, 0.25) is 14.5 Å². The average molecular weight is 204 g/mol. The van der Waals surface area contributed by atoms with Gasteiger partial charge >= 0.3 is 14.1 Å². The summed E-state index contributed by atoms with van der Waals surface area (Å²) in [4.78, 5) is 30.3. The number of hydrogen-bond donors (Lipinski definition) is 0. The Balaban J connectivity index is 4.64. The third-order valence-electron chi connectivity index (χ3n) is 1.31. The molecule has 0 fully saturated rings. The highest BCUT2D eigenvalue weighted by Gasteiger charge is 2.51. The lowest BCUT2D eigenvalue weighted by molar-refractivity contribution is 0.180. The smallest absolute Gasteiger partial charge is 0.483 e. The Bertz CT molecular complexity index is 187. The Kier molecular flexibility index (Phi) is 5.11. The molecule has 7 heteroatoms. The first kappa shape index (κ1) is 11.9. The summed E-state index contributed by atoms with van der Waals surface area (Å²) in [7, 11) is 3.27. The molecule has 0 amide bonds. The lowest BCUT2D eigenvalue weighted by Crippen LogP contribution is -2.43. The second-order valence-corrected chi connectivity index (χ2v) is 4.28. The number of methoxy groups -OCH3 is 3. The summed E-state index contributed by atoms with van der Waals surface area (Å²) in [5.74, 6) is 0. The molecule has 0 spiro atoms. The van der Waals surface area contributed by atoms with Crippen LogP contribution in [-0.2, 0) is 14.2 Å². The molecule has 0 unspecified atom stereocenters. The van der Waals surface area contributed by atoms with Gasteiger partial charge in [-0.05, 0) is 0 Å². The van der Waals surface area contributed by atoms with E-state index in [0.717, 1.165) is 21.3 Å². The Labute approximate surface area is 79.1 Å². The van der Waals surface area contributed by atoms with Gasteiger partial charge in [-0.1, -0.05) is 0 Å². The molecule has 0 aromatic heterocycles. The molecule has 0 aliphatic carbocycles. The molecule has 72 valence electrons. The second-order valence-electron chi connectivity index (χ2n) is 2.00. The zero-order valence-electron chi connectivity index (χ0n) is 7.53. The van der Waals surface area contributed by atoms with Gasteiger partial charge in [-0.15, -0.1) is 0 Å². The molecule has 0 aliphatic rings. The molecule has 0 aromatic rings. The van der Waals surface area contributed by atoms with Crippen molar-refractivity contribution in [3.05, 3.63) is 0 Å². The number of rotatable bonds is 3. The van der Waals surface area contributed by atoms with E-state index in [2.05, 4.69) is 14.2 Å². The summed E-state index contributed by atoms with van der Waals surface area (Å²) in [5.41, 5.74) is 0. The summed E-state index contributed by atoms with van der Waals surface area (Å²) < 4.78 is 12.8. The summed E-state index contributed by atoms with van der Waals surface area (Å²) in [6.07, 6.45) is 0. The highest BCUT2D eigenvalue weighted by Crippen LogP contribution is 1.98. The zero-order chi connectivity index (χ0) is 10.4. The van der Waals surface area contributed by atoms with Gasteiger partial charge in [0.05, 0.1) is 21.3 Å². The van der Waals surface area contributed by atoms with Gasteiger partial charge in [-0.3, -0.25) is 14.4 Å². The SMILES string of the molecule is CO[C](=O)[Al]([C](=O)OC)[C](=O)OC. The number of carbonyl (C=O) groups excluding carboxylic acids is 3. The zero-order valence-corrected chi connectivity index (χ0v) is 8.68. The van der Waals surface area contributed by atoms with Crippen LogP contribution in [0.15, 0.2) is 0 Å². The van der Waals surface area contributed by atoms with Crippen LogP contribution in [-0.4, -0.2) is 50.0 Å². The van der Waals surface area contributed by atoms with Gasteiger partial charge < -0.3 is 14.2 Å². The highest BCUT2D eigenvalue weighted by atomic mass is 27.2. The molecule has 0 radical (unpaired) electrons. The van der Waals surface area contributed by atoms with Crippen molar-refractivity contribution in [2.75, 3.05) is 21.3 Å². The van der Waals surface area contributed by atoms with Crippen LogP contribution in [0.25, 0.3) is 0 Å². The minimum absolute atomic E-state index is 0.862. The van der Waals surface area contributed by atoms with Gasteiger partial charge in [-0.2, -0.15) is 0 Å². The molecule has 0 atom stereocenters. The number of carbonyl (C=O) groups is 3. The lowest BCUT2D eigenvalue weighted by atomic mass is 11.4. The largest absolute Gasteiger partial charge is 0.739 e. The standard InChI is InChI=1S/3C2H3O2.Al/c3*1-4-2-3;/h3*1H3;. The minimum atomic E-state index is -3.10. The van der Waals surface area contributed by atoms with Crippen LogP contribution in [0.4, 0.5) is 14.4 Å². The van der Waals surface area contributed by atoms with Gasteiger partial charge in [0.25, 0.3) is 0 Å². The predicted octanol–water partition coefficient (Wildman–Crippen LogP) is 0.526. The molecule has 0 N–H and O–H groups in total. The van der Waals surface area contributed by atoms with Crippen LogP contribution in [0, 0.1) is 0 Å². The third kappa shape index (κ3) is 3.05. The fourth-order valence-corrected chi connectivity index (χ4v) is 1.93. The lowest BCUT2D eigenvalue weighted by Gasteiger charge is -2.04. The van der Waals surface area contributed by atoms with E-state index < -0.39 is 28.6 Å². The Hall–Kier alpha value is -1.06. The molecule has 0 rings (SSSR count). The third-order valence-corrected chi connectivity index (χ3v) is 3.43. The van der Waals surface area contributed by atoms with Crippen LogP contribution in [0.1, 0.15) is 0 Å². The molecular weight excluding hydrogens is 195 g/mol. The van der Waals surface area contributed by atoms with Gasteiger partial charge in [0.15, 0.2) is 0 Å². The summed E-state index contributed by atoms with van der Waals surface area (Å²) in [5, 5.41) is 0. The van der Waals surface area contributed by atoms with Gasteiger partial charge in [0, 0.05) is 0 Å². The van der Waals surface area contributed by atoms with E-state index in [1.165, 1.54) is 0 Å². The van der Waals surface area contributed by atoms with E-state index in [-0.39, 0.29) is 0 Å². The maximum absolute atomic E-state index is 11.0. The fourth-order valence-electron chi connectivity index (χ4n) is 0.642. The van der Waals surface area contributed by atoms with E-state index in [1.807, 2.05) is 0 Å². The van der Waals surface area contributed by atoms with E-state index in [1.54, 1.807) is 0 Å². The molecule has 0 aromatic carbocycles. The van der Waals surface area contributed by atoms with Crippen molar-refractivity contribution in [1.82, 2.24) is 0 Å². The van der Waals surface area contributed by atoms with Gasteiger partial charge in [0.1, 0.15) is 0 Å². The summed E-state index contributed by atoms with van der Waals surface area (Å²) in [6, 6.07) is 0. The van der Waals surface area contributed by atoms with Crippen molar-refractivity contribution >= 4 is 28.6 Å². The summed E-state index contributed by atoms with van der Waals surface area (Å²) in [6.45, 7) is 0. The van der Waals surface area contributed by atoms with Crippen molar-refractivity contribution in [3.8, 4) is 0 Å². The molecule has 0 aliphatic heterocycles. The van der Waals surface area contributed by atoms with Crippen LogP contribution < -0.4 is 0 Å². The Morgan fingerprint density at radius 3 is 1.15 bits per heavy atom. The quantitative estimate of drug-likeness (QED) is 0.492. The first-order valence-corrected chi connectivity index (χ1v) is 5.05. The van der Waals surface area contributed by atoms with E-state index in [9.17, 15) is 14.4 Å². The number of ether oxygens (including phenoxy) is 3. The number of hydrogen-bond acceptors (Lipinski definition) is 6. The molecular formula is C6H9AlO6. The molecule has 0 heterocycles. The monoisotopic (exact) mass is 204 g/mol. The van der Waals surface area contributed by atoms with Crippen molar-refractivity contribution in [1.29, 1.82) is 0 Å². The van der Waals surface area contributed by atoms with Crippen LogP contribution >= 0.6 is 0 Å². The molecule has 0 bridgehead atoms. The topological polar surface area (TPSA) is 78.9 Å². The second kappa shape index (κ2) is 5.56. The minimum Gasteiger partial charge on any atom is -0.483 e. The highest BCUT2D eigenvalue weighted by molar-refractivity contribution is 7.25. The maximum atomic E-state index is 11.0.